The predicted molar refractivity (Wildman–Crippen MR) is 74.3 cm³/mol. The molecule has 0 atom stereocenters. The Morgan fingerprint density at radius 1 is 1.26 bits per heavy atom. The van der Waals surface area contributed by atoms with E-state index in [1.165, 1.54) is 0 Å². The Bertz CT molecular complexity index is 406. The lowest BCUT2D eigenvalue weighted by Gasteiger charge is -2.23. The Kier molecular flexibility index (Phi) is 6.43. The van der Waals surface area contributed by atoms with Gasteiger partial charge in [0.25, 0.3) is 0 Å². The van der Waals surface area contributed by atoms with Crippen molar-refractivity contribution in [3.63, 3.8) is 0 Å². The molecule has 0 spiro atoms. The van der Waals surface area contributed by atoms with E-state index >= 15 is 0 Å². The van der Waals surface area contributed by atoms with Crippen LogP contribution >= 0.6 is 0 Å². The molecule has 1 aromatic carbocycles. The van der Waals surface area contributed by atoms with E-state index in [1.54, 1.807) is 4.90 Å². The van der Waals surface area contributed by atoms with Crippen LogP contribution in [-0.2, 0) is 4.79 Å². The molecule has 1 rings (SSSR count). The maximum Gasteiger partial charge on any atom is 0.321 e. The summed E-state index contributed by atoms with van der Waals surface area (Å²) in [5.74, 6) is -0.845. The standard InChI is InChI=1S/C14H20N2O3/c1-2-10-15-14(19)16(11-6-9-13(17)18)12-7-4-3-5-8-12/h3-5,7-8H,2,6,9-11H2,1H3,(H,15,19)(H,17,18). The molecule has 2 amide bonds. The van der Waals surface area contributed by atoms with Crippen LogP contribution in [-0.4, -0.2) is 30.2 Å². The lowest BCUT2D eigenvalue weighted by molar-refractivity contribution is -0.137. The van der Waals surface area contributed by atoms with E-state index in [-0.39, 0.29) is 12.5 Å². The van der Waals surface area contributed by atoms with Gasteiger partial charge in [-0.3, -0.25) is 9.69 Å². The van der Waals surface area contributed by atoms with Crippen molar-refractivity contribution in [1.82, 2.24) is 5.32 Å². The number of urea groups is 1. The van der Waals surface area contributed by atoms with Crippen LogP contribution in [0.4, 0.5) is 10.5 Å². The van der Waals surface area contributed by atoms with Gasteiger partial charge in [-0.05, 0) is 25.0 Å². The van der Waals surface area contributed by atoms with Gasteiger partial charge < -0.3 is 10.4 Å². The number of carbonyl (C=O) groups excluding carboxylic acids is 1. The first kappa shape index (κ1) is 15.0. The Morgan fingerprint density at radius 2 is 1.95 bits per heavy atom. The van der Waals surface area contributed by atoms with Gasteiger partial charge in [-0.25, -0.2) is 4.79 Å². The molecule has 0 unspecified atom stereocenters. The molecule has 1 aromatic rings. The van der Waals surface area contributed by atoms with E-state index in [0.29, 0.717) is 19.5 Å². The first-order valence-corrected chi connectivity index (χ1v) is 6.47. The zero-order valence-electron chi connectivity index (χ0n) is 11.1. The van der Waals surface area contributed by atoms with Crippen molar-refractivity contribution in [2.45, 2.75) is 26.2 Å². The number of anilines is 1. The number of hydrogen-bond acceptors (Lipinski definition) is 2. The maximum absolute atomic E-state index is 12.0. The summed E-state index contributed by atoms with van der Waals surface area (Å²) in [5.41, 5.74) is 0.779. The smallest absolute Gasteiger partial charge is 0.321 e. The first-order chi connectivity index (χ1) is 9.15. The first-order valence-electron chi connectivity index (χ1n) is 6.47. The molecule has 19 heavy (non-hydrogen) atoms. The molecule has 104 valence electrons. The highest BCUT2D eigenvalue weighted by Crippen LogP contribution is 2.14. The molecule has 0 heterocycles. The van der Waals surface area contributed by atoms with Gasteiger partial charge in [0.15, 0.2) is 0 Å². The minimum atomic E-state index is -0.845. The summed E-state index contributed by atoms with van der Waals surface area (Å²) in [5, 5.41) is 11.5. The molecule has 5 heteroatoms. The minimum Gasteiger partial charge on any atom is -0.481 e. The molecule has 0 aliphatic carbocycles. The number of amides is 2. The van der Waals surface area contributed by atoms with E-state index in [1.807, 2.05) is 37.3 Å². The van der Waals surface area contributed by atoms with Crippen LogP contribution in [0.1, 0.15) is 26.2 Å². The highest BCUT2D eigenvalue weighted by atomic mass is 16.4. The molecule has 0 aliphatic rings. The highest BCUT2D eigenvalue weighted by Gasteiger charge is 2.14. The summed E-state index contributed by atoms with van der Waals surface area (Å²) in [6, 6.07) is 9.08. The molecule has 0 fully saturated rings. The van der Waals surface area contributed by atoms with Gasteiger partial charge in [-0.1, -0.05) is 25.1 Å². The zero-order valence-corrected chi connectivity index (χ0v) is 11.1. The van der Waals surface area contributed by atoms with Crippen molar-refractivity contribution < 1.29 is 14.7 Å². The molecule has 0 saturated carbocycles. The number of rotatable bonds is 7. The Hall–Kier alpha value is -2.04. The third-order valence-electron chi connectivity index (χ3n) is 2.61. The fraction of sp³-hybridized carbons (Fsp3) is 0.429. The van der Waals surface area contributed by atoms with Crippen LogP contribution in [0.15, 0.2) is 30.3 Å². The summed E-state index contributed by atoms with van der Waals surface area (Å²) >= 11 is 0. The summed E-state index contributed by atoms with van der Waals surface area (Å²) in [7, 11) is 0. The average Bonchev–Trinajstić information content (AvgIpc) is 2.41. The average molecular weight is 264 g/mol. The van der Waals surface area contributed by atoms with Crippen LogP contribution in [0.5, 0.6) is 0 Å². The summed E-state index contributed by atoms with van der Waals surface area (Å²) in [4.78, 5) is 24.2. The molecule has 0 bridgehead atoms. The van der Waals surface area contributed by atoms with Crippen LogP contribution < -0.4 is 10.2 Å². The predicted octanol–water partition coefficient (Wildman–Crippen LogP) is 2.48. The van der Waals surface area contributed by atoms with Gasteiger partial charge >= 0.3 is 12.0 Å². The van der Waals surface area contributed by atoms with Crippen molar-refractivity contribution >= 4 is 17.7 Å². The third kappa shape index (κ3) is 5.42. The zero-order chi connectivity index (χ0) is 14.1. The largest absolute Gasteiger partial charge is 0.481 e. The highest BCUT2D eigenvalue weighted by molar-refractivity contribution is 5.91. The van der Waals surface area contributed by atoms with Crippen molar-refractivity contribution in [1.29, 1.82) is 0 Å². The topological polar surface area (TPSA) is 69.6 Å². The van der Waals surface area contributed by atoms with Crippen LogP contribution in [0.3, 0.4) is 0 Å². The second-order valence-corrected chi connectivity index (χ2v) is 4.22. The number of hydrogen-bond donors (Lipinski definition) is 2. The van der Waals surface area contributed by atoms with Gasteiger partial charge in [0.1, 0.15) is 0 Å². The van der Waals surface area contributed by atoms with Crippen molar-refractivity contribution in [3.05, 3.63) is 30.3 Å². The maximum atomic E-state index is 12.0. The normalized spacial score (nSPS) is 9.95. The number of carboxylic acids is 1. The molecule has 0 aliphatic heterocycles. The van der Waals surface area contributed by atoms with Crippen LogP contribution in [0, 0.1) is 0 Å². The van der Waals surface area contributed by atoms with Gasteiger partial charge in [0.2, 0.25) is 0 Å². The Morgan fingerprint density at radius 3 is 2.53 bits per heavy atom. The van der Waals surface area contributed by atoms with E-state index in [9.17, 15) is 9.59 Å². The number of nitrogens with zero attached hydrogens (tertiary/aromatic N) is 1. The third-order valence-corrected chi connectivity index (χ3v) is 2.61. The molecular weight excluding hydrogens is 244 g/mol. The lowest BCUT2D eigenvalue weighted by Crippen LogP contribution is -2.41. The van der Waals surface area contributed by atoms with E-state index in [4.69, 9.17) is 5.11 Å². The van der Waals surface area contributed by atoms with E-state index in [2.05, 4.69) is 5.32 Å². The van der Waals surface area contributed by atoms with Crippen LogP contribution in [0.2, 0.25) is 0 Å². The quantitative estimate of drug-likeness (QED) is 0.794. The van der Waals surface area contributed by atoms with Gasteiger partial charge in [0.05, 0.1) is 0 Å². The van der Waals surface area contributed by atoms with Crippen molar-refractivity contribution in [3.8, 4) is 0 Å². The number of para-hydroxylation sites is 1. The molecule has 0 saturated heterocycles. The number of benzene rings is 1. The van der Waals surface area contributed by atoms with Gasteiger partial charge in [-0.2, -0.15) is 0 Å². The fourth-order valence-corrected chi connectivity index (χ4v) is 1.67. The Labute approximate surface area is 113 Å². The van der Waals surface area contributed by atoms with E-state index < -0.39 is 5.97 Å². The second-order valence-electron chi connectivity index (χ2n) is 4.22. The minimum absolute atomic E-state index is 0.0599. The number of carboxylic acid groups (broad SMARTS) is 1. The number of carbonyl (C=O) groups is 2. The lowest BCUT2D eigenvalue weighted by atomic mass is 10.2. The molecule has 0 aromatic heterocycles. The second kappa shape index (κ2) is 8.13. The summed E-state index contributed by atoms with van der Waals surface area (Å²) in [6.07, 6.45) is 1.36. The van der Waals surface area contributed by atoms with Gasteiger partial charge in [0, 0.05) is 25.2 Å². The van der Waals surface area contributed by atoms with E-state index in [0.717, 1.165) is 12.1 Å². The number of nitrogens with one attached hydrogen (secondary N) is 1. The fourth-order valence-electron chi connectivity index (χ4n) is 1.67. The molecular formula is C14H20N2O3. The van der Waals surface area contributed by atoms with Crippen molar-refractivity contribution in [2.75, 3.05) is 18.0 Å². The monoisotopic (exact) mass is 264 g/mol. The molecule has 2 N–H and O–H groups in total. The molecule has 0 radical (unpaired) electrons. The summed E-state index contributed by atoms with van der Waals surface area (Å²) in [6.45, 7) is 2.99. The molecule has 5 nitrogen and oxygen atoms in total. The SMILES string of the molecule is CCCNC(=O)N(CCCC(=O)O)c1ccccc1. The van der Waals surface area contributed by atoms with Crippen molar-refractivity contribution in [2.24, 2.45) is 0 Å². The van der Waals surface area contributed by atoms with Crippen LogP contribution in [0.25, 0.3) is 0 Å². The van der Waals surface area contributed by atoms with Gasteiger partial charge in [-0.15, -0.1) is 0 Å². The summed E-state index contributed by atoms with van der Waals surface area (Å²) < 4.78 is 0. The Balaban J connectivity index is 2.67. The number of aliphatic carboxylic acids is 1.